The Morgan fingerprint density at radius 3 is 2.62 bits per heavy atom. The fourth-order valence-corrected chi connectivity index (χ4v) is 2.71. The molecule has 2 aromatic carbocycles. The summed E-state index contributed by atoms with van der Waals surface area (Å²) in [5, 5.41) is 11.8. The van der Waals surface area contributed by atoms with Gasteiger partial charge >= 0.3 is 0 Å². The van der Waals surface area contributed by atoms with Gasteiger partial charge in [-0.2, -0.15) is 9.78 Å². The van der Waals surface area contributed by atoms with Gasteiger partial charge in [0.25, 0.3) is 5.56 Å². The summed E-state index contributed by atoms with van der Waals surface area (Å²) in [5.74, 6) is 0.721. The van der Waals surface area contributed by atoms with E-state index in [9.17, 15) is 4.79 Å². The Kier molecular flexibility index (Phi) is 3.96. The zero-order valence-electron chi connectivity index (χ0n) is 13.7. The van der Waals surface area contributed by atoms with Gasteiger partial charge in [-0.15, -0.1) is 0 Å². The van der Waals surface area contributed by atoms with E-state index in [1.54, 1.807) is 0 Å². The van der Waals surface area contributed by atoms with Crippen molar-refractivity contribution in [1.82, 2.24) is 14.6 Å². The number of fused-ring (bicyclic) bond motifs is 1. The van der Waals surface area contributed by atoms with Gasteiger partial charge < -0.3 is 4.74 Å². The van der Waals surface area contributed by atoms with Crippen molar-refractivity contribution in [2.45, 2.75) is 6.61 Å². The molecule has 0 saturated carbocycles. The summed E-state index contributed by atoms with van der Waals surface area (Å²) in [5.41, 5.74) is 2.67. The standard InChI is InChI=1S/C20H14N4O2/c21-10-16-11-23-24-19(16)22-12-18(20(24)25)15-6-8-17(9-7-15)26-13-14-4-2-1-3-5-14/h1-9,11-12,23H,13H2. The highest BCUT2D eigenvalue weighted by atomic mass is 16.5. The largest absolute Gasteiger partial charge is 0.489 e. The van der Waals surface area contributed by atoms with E-state index in [0.717, 1.165) is 16.9 Å². The number of rotatable bonds is 4. The van der Waals surface area contributed by atoms with Crippen molar-refractivity contribution in [2.24, 2.45) is 0 Å². The number of aromatic nitrogens is 3. The van der Waals surface area contributed by atoms with E-state index in [2.05, 4.69) is 10.1 Å². The van der Waals surface area contributed by atoms with Gasteiger partial charge in [-0.1, -0.05) is 42.5 Å². The lowest BCUT2D eigenvalue weighted by Crippen LogP contribution is -2.16. The number of aromatic amines is 1. The second-order valence-corrected chi connectivity index (χ2v) is 5.73. The van der Waals surface area contributed by atoms with Gasteiger partial charge in [-0.3, -0.25) is 9.89 Å². The first-order valence-corrected chi connectivity index (χ1v) is 8.02. The first-order valence-electron chi connectivity index (χ1n) is 8.02. The zero-order valence-corrected chi connectivity index (χ0v) is 13.7. The molecule has 26 heavy (non-hydrogen) atoms. The highest BCUT2D eigenvalue weighted by Gasteiger charge is 2.11. The molecule has 0 fully saturated rings. The molecule has 0 atom stereocenters. The summed E-state index contributed by atoms with van der Waals surface area (Å²) in [6, 6.07) is 19.2. The van der Waals surface area contributed by atoms with Gasteiger partial charge in [0, 0.05) is 12.4 Å². The minimum atomic E-state index is -0.255. The van der Waals surface area contributed by atoms with Crippen molar-refractivity contribution in [2.75, 3.05) is 0 Å². The van der Waals surface area contributed by atoms with Gasteiger partial charge in [0.1, 0.15) is 24.0 Å². The van der Waals surface area contributed by atoms with Crippen LogP contribution in [-0.4, -0.2) is 14.6 Å². The highest BCUT2D eigenvalue weighted by molar-refractivity contribution is 5.65. The van der Waals surface area contributed by atoms with Crippen molar-refractivity contribution < 1.29 is 4.74 Å². The quantitative estimate of drug-likeness (QED) is 0.617. The summed E-state index contributed by atoms with van der Waals surface area (Å²) < 4.78 is 7.03. The van der Waals surface area contributed by atoms with E-state index in [4.69, 9.17) is 10.00 Å². The normalized spacial score (nSPS) is 10.6. The molecule has 2 aromatic heterocycles. The van der Waals surface area contributed by atoms with E-state index in [0.29, 0.717) is 23.4 Å². The molecule has 6 heteroatoms. The lowest BCUT2D eigenvalue weighted by molar-refractivity contribution is 0.306. The lowest BCUT2D eigenvalue weighted by Gasteiger charge is -2.07. The monoisotopic (exact) mass is 342 g/mol. The van der Waals surface area contributed by atoms with Crippen LogP contribution in [-0.2, 0) is 6.61 Å². The van der Waals surface area contributed by atoms with Gasteiger partial charge in [0.05, 0.1) is 5.56 Å². The highest BCUT2D eigenvalue weighted by Crippen LogP contribution is 2.20. The van der Waals surface area contributed by atoms with Gasteiger partial charge in [-0.05, 0) is 23.3 Å². The van der Waals surface area contributed by atoms with Crippen LogP contribution in [0.15, 0.2) is 71.8 Å². The lowest BCUT2D eigenvalue weighted by atomic mass is 10.1. The van der Waals surface area contributed by atoms with Gasteiger partial charge in [-0.25, -0.2) is 4.98 Å². The van der Waals surface area contributed by atoms with Crippen molar-refractivity contribution in [3.63, 3.8) is 0 Å². The Bertz CT molecular complexity index is 1150. The molecule has 126 valence electrons. The minimum absolute atomic E-state index is 0.255. The maximum absolute atomic E-state index is 12.6. The summed E-state index contributed by atoms with van der Waals surface area (Å²) >= 11 is 0. The fraction of sp³-hybridized carbons (Fsp3) is 0.0500. The van der Waals surface area contributed by atoms with Crippen molar-refractivity contribution in [3.05, 3.63) is 88.5 Å². The Hall–Kier alpha value is -3.85. The van der Waals surface area contributed by atoms with Crippen molar-refractivity contribution >= 4 is 5.65 Å². The number of benzene rings is 2. The first kappa shape index (κ1) is 15.7. The van der Waals surface area contributed by atoms with E-state index < -0.39 is 0 Å². The molecule has 4 rings (SSSR count). The molecule has 1 N–H and O–H groups in total. The third kappa shape index (κ3) is 2.82. The molecule has 0 aliphatic carbocycles. The molecule has 0 bridgehead atoms. The SMILES string of the molecule is N#Cc1c[nH]n2c(=O)c(-c3ccc(OCc4ccccc4)cc3)cnc12. The summed E-state index contributed by atoms with van der Waals surface area (Å²) in [6.45, 7) is 0.482. The Morgan fingerprint density at radius 1 is 1.12 bits per heavy atom. The van der Waals surface area contributed by atoms with E-state index in [1.807, 2.05) is 60.7 Å². The second kappa shape index (κ2) is 6.57. The van der Waals surface area contributed by atoms with E-state index >= 15 is 0 Å². The fourth-order valence-electron chi connectivity index (χ4n) is 2.71. The Balaban J connectivity index is 1.59. The maximum Gasteiger partial charge on any atom is 0.280 e. The average molecular weight is 342 g/mol. The van der Waals surface area contributed by atoms with Crippen molar-refractivity contribution in [1.29, 1.82) is 5.26 Å². The van der Waals surface area contributed by atoms with Crippen LogP contribution >= 0.6 is 0 Å². The number of hydrogen-bond acceptors (Lipinski definition) is 4. The summed E-state index contributed by atoms with van der Waals surface area (Å²) in [6.07, 6.45) is 2.96. The smallest absolute Gasteiger partial charge is 0.280 e. The van der Waals surface area contributed by atoms with Crippen LogP contribution in [0.5, 0.6) is 5.75 Å². The molecule has 2 heterocycles. The molecule has 0 radical (unpaired) electrons. The topological polar surface area (TPSA) is 83.2 Å². The van der Waals surface area contributed by atoms with Crippen molar-refractivity contribution in [3.8, 4) is 22.9 Å². The maximum atomic E-state index is 12.6. The van der Waals surface area contributed by atoms with Crippen LogP contribution in [0.2, 0.25) is 0 Å². The van der Waals surface area contributed by atoms with Gasteiger partial charge in [0.15, 0.2) is 5.65 Å². The molecular weight excluding hydrogens is 328 g/mol. The number of nitrogens with one attached hydrogen (secondary N) is 1. The Labute approximate surface area is 148 Å². The molecule has 4 aromatic rings. The number of H-pyrrole nitrogens is 1. The predicted molar refractivity (Wildman–Crippen MR) is 96.7 cm³/mol. The van der Waals surface area contributed by atoms with Gasteiger partial charge in [0.2, 0.25) is 0 Å². The number of nitriles is 1. The number of hydrogen-bond donors (Lipinski definition) is 1. The van der Waals surface area contributed by atoms with E-state index in [1.165, 1.54) is 16.9 Å². The molecular formula is C20H14N4O2. The predicted octanol–water partition coefficient (Wildman–Crippen LogP) is 3.14. The van der Waals surface area contributed by atoms with Crippen LogP contribution in [0.3, 0.4) is 0 Å². The average Bonchev–Trinajstić information content (AvgIpc) is 3.12. The molecule has 0 saturated heterocycles. The summed E-state index contributed by atoms with van der Waals surface area (Å²) in [7, 11) is 0. The molecule has 0 unspecified atom stereocenters. The minimum Gasteiger partial charge on any atom is -0.489 e. The third-order valence-corrected chi connectivity index (χ3v) is 4.07. The molecule has 0 amide bonds. The molecule has 0 aliphatic heterocycles. The second-order valence-electron chi connectivity index (χ2n) is 5.73. The first-order chi connectivity index (χ1) is 12.8. The van der Waals surface area contributed by atoms with Crippen LogP contribution in [0, 0.1) is 11.3 Å². The van der Waals surface area contributed by atoms with Crippen LogP contribution in [0.4, 0.5) is 0 Å². The van der Waals surface area contributed by atoms with E-state index in [-0.39, 0.29) is 5.56 Å². The number of nitrogens with zero attached hydrogens (tertiary/aromatic N) is 3. The summed E-state index contributed by atoms with van der Waals surface area (Å²) in [4.78, 5) is 16.8. The Morgan fingerprint density at radius 2 is 1.88 bits per heavy atom. The van der Waals surface area contributed by atoms with Crippen LogP contribution in [0.25, 0.3) is 16.8 Å². The third-order valence-electron chi connectivity index (χ3n) is 4.07. The number of ether oxygens (including phenoxy) is 1. The molecule has 6 nitrogen and oxygen atoms in total. The van der Waals surface area contributed by atoms with Crippen LogP contribution in [0.1, 0.15) is 11.1 Å². The molecule has 0 spiro atoms. The molecule has 0 aliphatic rings. The van der Waals surface area contributed by atoms with Crippen LogP contribution < -0.4 is 10.3 Å². The zero-order chi connectivity index (χ0) is 17.9.